The maximum Gasteiger partial charge on any atom is 0.323 e. The van der Waals surface area contributed by atoms with Gasteiger partial charge >= 0.3 is 5.97 Å². The number of hydrogen-bond acceptors (Lipinski definition) is 3. The van der Waals surface area contributed by atoms with Gasteiger partial charge in [0.2, 0.25) is 0 Å². The van der Waals surface area contributed by atoms with Crippen molar-refractivity contribution in [2.45, 2.75) is 13.0 Å². The van der Waals surface area contributed by atoms with Crippen molar-refractivity contribution in [2.75, 3.05) is 20.1 Å². The van der Waals surface area contributed by atoms with Gasteiger partial charge in [0.25, 0.3) is 10.2 Å². The Bertz CT molecular complexity index is 313. The summed E-state index contributed by atoms with van der Waals surface area (Å²) >= 11 is 0. The van der Waals surface area contributed by atoms with Gasteiger partial charge in [0, 0.05) is 20.1 Å². The largest absolute Gasteiger partial charge is 0.480 e. The molecule has 0 aliphatic carbocycles. The quantitative estimate of drug-likeness (QED) is 0.628. The zero-order valence-corrected chi connectivity index (χ0v) is 8.28. The number of carbonyl (C=O) groups is 1. The highest BCUT2D eigenvalue weighted by Gasteiger charge is 2.44. The third-order valence-electron chi connectivity index (χ3n) is 2.14. The second-order valence-electron chi connectivity index (χ2n) is 2.83. The fourth-order valence-corrected chi connectivity index (χ4v) is 2.77. The van der Waals surface area contributed by atoms with Crippen LogP contribution in [0, 0.1) is 0 Å². The molecule has 0 bridgehead atoms. The van der Waals surface area contributed by atoms with E-state index >= 15 is 0 Å². The van der Waals surface area contributed by atoms with Gasteiger partial charge in [-0.1, -0.05) is 6.92 Å². The highest BCUT2D eigenvalue weighted by Crippen LogP contribution is 2.19. The van der Waals surface area contributed by atoms with Crippen LogP contribution in [0.1, 0.15) is 6.92 Å². The molecule has 1 fully saturated rings. The Morgan fingerprint density at radius 3 is 2.38 bits per heavy atom. The minimum atomic E-state index is -3.52. The zero-order chi connectivity index (χ0) is 10.2. The van der Waals surface area contributed by atoms with Crippen molar-refractivity contribution in [3.8, 4) is 0 Å². The smallest absolute Gasteiger partial charge is 0.323 e. The van der Waals surface area contributed by atoms with Gasteiger partial charge in [0.1, 0.15) is 6.04 Å². The maximum atomic E-state index is 11.4. The Morgan fingerprint density at radius 2 is 2.15 bits per heavy atom. The van der Waals surface area contributed by atoms with E-state index in [1.807, 2.05) is 0 Å². The molecule has 1 heterocycles. The second kappa shape index (κ2) is 3.24. The van der Waals surface area contributed by atoms with Crippen LogP contribution in [0.25, 0.3) is 0 Å². The first-order chi connectivity index (χ1) is 5.91. The molecule has 13 heavy (non-hydrogen) atoms. The highest BCUT2D eigenvalue weighted by atomic mass is 32.2. The average molecular weight is 208 g/mol. The molecule has 76 valence electrons. The van der Waals surface area contributed by atoms with E-state index in [9.17, 15) is 13.2 Å². The van der Waals surface area contributed by atoms with Gasteiger partial charge in [0.05, 0.1) is 0 Å². The van der Waals surface area contributed by atoms with Crippen molar-refractivity contribution >= 4 is 16.2 Å². The molecule has 1 N–H and O–H groups in total. The van der Waals surface area contributed by atoms with Gasteiger partial charge in [-0.3, -0.25) is 4.79 Å². The summed E-state index contributed by atoms with van der Waals surface area (Å²) in [6.45, 7) is 2.01. The van der Waals surface area contributed by atoms with E-state index in [2.05, 4.69) is 0 Å². The van der Waals surface area contributed by atoms with Crippen LogP contribution in [0.2, 0.25) is 0 Å². The Morgan fingerprint density at radius 1 is 1.62 bits per heavy atom. The van der Waals surface area contributed by atoms with E-state index in [-0.39, 0.29) is 6.54 Å². The molecule has 1 rings (SSSR count). The molecular weight excluding hydrogens is 196 g/mol. The minimum absolute atomic E-state index is 0.0324. The Balaban J connectivity index is 2.98. The van der Waals surface area contributed by atoms with Gasteiger partial charge < -0.3 is 5.11 Å². The van der Waals surface area contributed by atoms with Gasteiger partial charge in [0.15, 0.2) is 0 Å². The molecule has 0 aromatic carbocycles. The van der Waals surface area contributed by atoms with E-state index in [0.717, 1.165) is 8.61 Å². The van der Waals surface area contributed by atoms with E-state index in [0.29, 0.717) is 6.54 Å². The number of carboxylic acids is 1. The summed E-state index contributed by atoms with van der Waals surface area (Å²) in [5.74, 6) is -1.11. The van der Waals surface area contributed by atoms with Gasteiger partial charge in [-0.15, -0.1) is 0 Å². The van der Waals surface area contributed by atoms with Crippen molar-refractivity contribution in [3.05, 3.63) is 0 Å². The third kappa shape index (κ3) is 1.54. The highest BCUT2D eigenvalue weighted by molar-refractivity contribution is 7.87. The molecule has 1 saturated heterocycles. The van der Waals surface area contributed by atoms with Gasteiger partial charge in [-0.2, -0.15) is 17.0 Å². The number of hydrogen-bond donors (Lipinski definition) is 1. The Hall–Kier alpha value is -0.660. The number of nitrogens with zero attached hydrogens (tertiary/aromatic N) is 2. The summed E-state index contributed by atoms with van der Waals surface area (Å²) in [5.41, 5.74) is 0. The van der Waals surface area contributed by atoms with Crippen molar-refractivity contribution in [2.24, 2.45) is 0 Å². The molecule has 1 atom stereocenters. The topological polar surface area (TPSA) is 77.9 Å². The normalized spacial score (nSPS) is 29.2. The third-order valence-corrected chi connectivity index (χ3v) is 4.19. The fraction of sp³-hybridized carbons (Fsp3) is 0.833. The molecule has 0 amide bonds. The number of likely N-dealkylation sites (N-methyl/N-ethyl adjacent to an activating group) is 2. The van der Waals surface area contributed by atoms with Crippen molar-refractivity contribution in [1.29, 1.82) is 0 Å². The molecule has 1 aliphatic heterocycles. The molecule has 0 aromatic rings. The summed E-state index contributed by atoms with van der Waals surface area (Å²) in [7, 11) is -2.24. The lowest BCUT2D eigenvalue weighted by Gasteiger charge is -2.13. The van der Waals surface area contributed by atoms with E-state index in [1.165, 1.54) is 7.05 Å². The van der Waals surface area contributed by atoms with Crippen LogP contribution in [0.15, 0.2) is 0 Å². The molecule has 7 heteroatoms. The fourth-order valence-electron chi connectivity index (χ4n) is 1.27. The van der Waals surface area contributed by atoms with Crippen LogP contribution in [0.3, 0.4) is 0 Å². The summed E-state index contributed by atoms with van der Waals surface area (Å²) in [6.07, 6.45) is 0. The van der Waals surface area contributed by atoms with Crippen molar-refractivity contribution < 1.29 is 18.3 Å². The van der Waals surface area contributed by atoms with Crippen LogP contribution in [-0.2, 0) is 15.0 Å². The predicted molar refractivity (Wildman–Crippen MR) is 45.4 cm³/mol. The Labute approximate surface area is 76.9 Å². The first kappa shape index (κ1) is 10.4. The SMILES string of the molecule is CCN1CC(C(=O)O)N(C)S1(=O)=O. The van der Waals surface area contributed by atoms with Crippen LogP contribution < -0.4 is 0 Å². The lowest BCUT2D eigenvalue weighted by molar-refractivity contribution is -0.140. The summed E-state index contributed by atoms with van der Waals surface area (Å²) in [5, 5.41) is 8.70. The lowest BCUT2D eigenvalue weighted by atomic mass is 10.3. The molecule has 0 radical (unpaired) electrons. The van der Waals surface area contributed by atoms with Crippen LogP contribution >= 0.6 is 0 Å². The molecule has 0 aromatic heterocycles. The van der Waals surface area contributed by atoms with Crippen LogP contribution in [0.5, 0.6) is 0 Å². The molecule has 1 aliphatic rings. The van der Waals surface area contributed by atoms with Crippen molar-refractivity contribution in [1.82, 2.24) is 8.61 Å². The van der Waals surface area contributed by atoms with Crippen LogP contribution in [0.4, 0.5) is 0 Å². The first-order valence-electron chi connectivity index (χ1n) is 3.87. The number of aliphatic carboxylic acids is 1. The molecule has 1 unspecified atom stereocenters. The van der Waals surface area contributed by atoms with Gasteiger partial charge in [-0.25, -0.2) is 0 Å². The molecule has 0 spiro atoms. The number of rotatable bonds is 2. The van der Waals surface area contributed by atoms with E-state index < -0.39 is 22.2 Å². The summed E-state index contributed by atoms with van der Waals surface area (Å²) in [6, 6.07) is -0.954. The second-order valence-corrected chi connectivity index (χ2v) is 4.82. The van der Waals surface area contributed by atoms with E-state index in [4.69, 9.17) is 5.11 Å². The maximum absolute atomic E-state index is 11.4. The lowest BCUT2D eigenvalue weighted by Crippen LogP contribution is -2.36. The first-order valence-corrected chi connectivity index (χ1v) is 5.27. The predicted octanol–water partition coefficient (Wildman–Crippen LogP) is -1.05. The monoisotopic (exact) mass is 208 g/mol. The Kier molecular flexibility index (Phi) is 2.60. The molecular formula is C6H12N2O4S. The summed E-state index contributed by atoms with van der Waals surface area (Å²) < 4.78 is 24.9. The van der Waals surface area contributed by atoms with Crippen molar-refractivity contribution in [3.63, 3.8) is 0 Å². The zero-order valence-electron chi connectivity index (χ0n) is 7.47. The molecule has 0 saturated carbocycles. The van der Waals surface area contributed by atoms with Gasteiger partial charge in [-0.05, 0) is 0 Å². The van der Waals surface area contributed by atoms with Crippen LogP contribution in [-0.4, -0.2) is 54.3 Å². The van der Waals surface area contributed by atoms with E-state index in [1.54, 1.807) is 6.92 Å². The number of carboxylic acid groups (broad SMARTS) is 1. The molecule has 6 nitrogen and oxygen atoms in total. The standard InChI is InChI=1S/C6H12N2O4S/c1-3-8-4-5(6(9)10)7(2)13(8,11)12/h5H,3-4H2,1-2H3,(H,9,10). The summed E-state index contributed by atoms with van der Waals surface area (Å²) in [4.78, 5) is 10.6. The average Bonchev–Trinajstić information content (AvgIpc) is 2.25. The minimum Gasteiger partial charge on any atom is -0.480 e.